The highest BCUT2D eigenvalue weighted by atomic mass is 32.1. The first-order valence-electron chi connectivity index (χ1n) is 7.49. The molecule has 2 rings (SSSR count). The quantitative estimate of drug-likeness (QED) is 0.903. The van der Waals surface area contributed by atoms with E-state index in [0.717, 1.165) is 52.0 Å². The smallest absolute Gasteiger partial charge is 0.239 e. The van der Waals surface area contributed by atoms with E-state index in [0.29, 0.717) is 0 Å². The third kappa shape index (κ3) is 4.30. The number of rotatable bonds is 5. The third-order valence-electron chi connectivity index (χ3n) is 3.78. The van der Waals surface area contributed by atoms with Gasteiger partial charge in [-0.1, -0.05) is 19.4 Å². The molecule has 0 unspecified atom stereocenters. The Morgan fingerprint density at radius 2 is 2.25 bits per heavy atom. The molecule has 112 valence electrons. The van der Waals surface area contributed by atoms with Crippen LogP contribution in [0, 0.1) is 0 Å². The van der Waals surface area contributed by atoms with Crippen LogP contribution in [0.2, 0.25) is 0 Å². The maximum Gasteiger partial charge on any atom is 0.239 e. The third-order valence-corrected chi connectivity index (χ3v) is 4.64. The molecule has 0 aromatic carbocycles. The van der Waals surface area contributed by atoms with Crippen LogP contribution in [0.1, 0.15) is 31.1 Å². The minimum absolute atomic E-state index is 0.129. The number of nitrogens with two attached hydrogens (primary N) is 1. The van der Waals surface area contributed by atoms with Crippen LogP contribution in [0.4, 0.5) is 0 Å². The molecule has 0 spiro atoms. The van der Waals surface area contributed by atoms with Crippen molar-refractivity contribution in [2.24, 2.45) is 5.73 Å². The highest BCUT2D eigenvalue weighted by Crippen LogP contribution is 2.14. The molecule has 1 atom stereocenters. The van der Waals surface area contributed by atoms with Gasteiger partial charge in [0.2, 0.25) is 5.91 Å². The van der Waals surface area contributed by atoms with Crippen LogP contribution in [0.5, 0.6) is 0 Å². The van der Waals surface area contributed by atoms with Gasteiger partial charge in [0.15, 0.2) is 0 Å². The van der Waals surface area contributed by atoms with Crippen molar-refractivity contribution in [1.82, 2.24) is 9.80 Å². The molecule has 1 saturated heterocycles. The average molecular weight is 295 g/mol. The Labute approximate surface area is 125 Å². The van der Waals surface area contributed by atoms with E-state index in [1.165, 1.54) is 4.88 Å². The molecule has 1 aromatic rings. The number of nitrogens with zero attached hydrogens (tertiary/aromatic N) is 2. The lowest BCUT2D eigenvalue weighted by atomic mass is 10.1. The molecule has 0 saturated carbocycles. The summed E-state index contributed by atoms with van der Waals surface area (Å²) in [5.41, 5.74) is 5.95. The predicted molar refractivity (Wildman–Crippen MR) is 83.7 cm³/mol. The van der Waals surface area contributed by atoms with Crippen molar-refractivity contribution in [3.8, 4) is 0 Å². The highest BCUT2D eigenvalue weighted by Gasteiger charge is 2.23. The second kappa shape index (κ2) is 7.76. The predicted octanol–water partition coefficient (Wildman–Crippen LogP) is 1.91. The van der Waals surface area contributed by atoms with Crippen LogP contribution < -0.4 is 5.73 Å². The Bertz CT molecular complexity index is 407. The van der Waals surface area contributed by atoms with Crippen molar-refractivity contribution in [1.29, 1.82) is 0 Å². The Kier molecular flexibility index (Phi) is 6.01. The summed E-state index contributed by atoms with van der Waals surface area (Å²) in [5.74, 6) is 0.129. The van der Waals surface area contributed by atoms with Crippen LogP contribution in [0.25, 0.3) is 0 Å². The van der Waals surface area contributed by atoms with Crippen LogP contribution in [-0.2, 0) is 11.3 Å². The summed E-state index contributed by atoms with van der Waals surface area (Å²) < 4.78 is 0. The van der Waals surface area contributed by atoms with Crippen molar-refractivity contribution in [3.63, 3.8) is 0 Å². The lowest BCUT2D eigenvalue weighted by Gasteiger charge is -2.24. The summed E-state index contributed by atoms with van der Waals surface area (Å²) in [7, 11) is 0. The first-order valence-corrected chi connectivity index (χ1v) is 8.37. The number of hydrogen-bond acceptors (Lipinski definition) is 4. The van der Waals surface area contributed by atoms with Crippen LogP contribution in [-0.4, -0.2) is 47.9 Å². The fraction of sp³-hybridized carbons (Fsp3) is 0.667. The van der Waals surface area contributed by atoms with Crippen molar-refractivity contribution >= 4 is 17.2 Å². The minimum atomic E-state index is -0.316. The van der Waals surface area contributed by atoms with Crippen molar-refractivity contribution in [2.45, 2.75) is 38.8 Å². The lowest BCUT2D eigenvalue weighted by Crippen LogP contribution is -2.45. The standard InChI is InChI=1S/C15H25N3OS/c1-2-5-14(16)15(19)18-8-4-7-17(9-10-18)12-13-6-3-11-20-13/h3,6,11,14H,2,4-5,7-10,12,16H2,1H3/t14-/m1/s1. The van der Waals surface area contributed by atoms with Crippen molar-refractivity contribution in [2.75, 3.05) is 26.2 Å². The van der Waals surface area contributed by atoms with Gasteiger partial charge >= 0.3 is 0 Å². The summed E-state index contributed by atoms with van der Waals surface area (Å²) in [5, 5.41) is 2.12. The molecule has 1 aromatic heterocycles. The molecule has 1 aliphatic heterocycles. The molecule has 5 heteroatoms. The van der Waals surface area contributed by atoms with Gasteiger partial charge in [0.05, 0.1) is 6.04 Å². The second-order valence-electron chi connectivity index (χ2n) is 5.43. The Balaban J connectivity index is 1.84. The van der Waals surface area contributed by atoms with Gasteiger partial charge in [0.1, 0.15) is 0 Å². The SMILES string of the molecule is CCC[C@@H](N)C(=O)N1CCCN(Cc2cccs2)CC1. The van der Waals surface area contributed by atoms with Gasteiger partial charge in [-0.25, -0.2) is 0 Å². The van der Waals surface area contributed by atoms with E-state index in [2.05, 4.69) is 29.3 Å². The monoisotopic (exact) mass is 295 g/mol. The second-order valence-corrected chi connectivity index (χ2v) is 6.46. The molecular formula is C15H25N3OS. The van der Waals surface area contributed by atoms with E-state index in [1.54, 1.807) is 11.3 Å². The Morgan fingerprint density at radius 3 is 2.95 bits per heavy atom. The zero-order valence-electron chi connectivity index (χ0n) is 12.3. The zero-order chi connectivity index (χ0) is 14.4. The number of hydrogen-bond donors (Lipinski definition) is 1. The van der Waals surface area contributed by atoms with Crippen LogP contribution in [0.15, 0.2) is 17.5 Å². The van der Waals surface area contributed by atoms with E-state index < -0.39 is 0 Å². The van der Waals surface area contributed by atoms with Gasteiger partial charge in [-0.3, -0.25) is 9.69 Å². The number of thiophene rings is 1. The van der Waals surface area contributed by atoms with Gasteiger partial charge in [0.25, 0.3) is 0 Å². The molecule has 0 radical (unpaired) electrons. The number of carbonyl (C=O) groups excluding carboxylic acids is 1. The zero-order valence-corrected chi connectivity index (χ0v) is 13.1. The summed E-state index contributed by atoms with van der Waals surface area (Å²) in [6.07, 6.45) is 2.79. The summed E-state index contributed by atoms with van der Waals surface area (Å²) in [6.45, 7) is 6.73. The Hall–Kier alpha value is -0.910. The Morgan fingerprint density at radius 1 is 1.40 bits per heavy atom. The minimum Gasteiger partial charge on any atom is -0.340 e. The summed E-state index contributed by atoms with van der Waals surface area (Å²) >= 11 is 1.80. The van der Waals surface area contributed by atoms with E-state index in [4.69, 9.17) is 5.73 Å². The van der Waals surface area contributed by atoms with Crippen molar-refractivity contribution < 1.29 is 4.79 Å². The first-order chi connectivity index (χ1) is 9.70. The molecule has 1 aliphatic rings. The highest BCUT2D eigenvalue weighted by molar-refractivity contribution is 7.09. The number of amides is 1. The summed E-state index contributed by atoms with van der Waals surface area (Å²) in [6, 6.07) is 3.96. The fourth-order valence-corrected chi connectivity index (χ4v) is 3.39. The largest absolute Gasteiger partial charge is 0.340 e. The van der Waals surface area contributed by atoms with Gasteiger partial charge in [-0.2, -0.15) is 0 Å². The maximum absolute atomic E-state index is 12.2. The van der Waals surface area contributed by atoms with E-state index in [-0.39, 0.29) is 11.9 Å². The van der Waals surface area contributed by atoms with E-state index in [9.17, 15) is 4.79 Å². The van der Waals surface area contributed by atoms with Crippen molar-refractivity contribution in [3.05, 3.63) is 22.4 Å². The molecule has 4 nitrogen and oxygen atoms in total. The molecule has 20 heavy (non-hydrogen) atoms. The topological polar surface area (TPSA) is 49.6 Å². The first kappa shape index (κ1) is 15.5. The van der Waals surface area contributed by atoms with Gasteiger partial charge in [-0.15, -0.1) is 11.3 Å². The average Bonchev–Trinajstić information content (AvgIpc) is 2.83. The van der Waals surface area contributed by atoms with E-state index in [1.807, 2.05) is 4.90 Å². The number of carbonyl (C=O) groups is 1. The van der Waals surface area contributed by atoms with Crippen LogP contribution >= 0.6 is 11.3 Å². The lowest BCUT2D eigenvalue weighted by molar-refractivity contribution is -0.132. The normalized spacial score (nSPS) is 18.8. The van der Waals surface area contributed by atoms with E-state index >= 15 is 0 Å². The van der Waals surface area contributed by atoms with Gasteiger partial charge in [0, 0.05) is 37.6 Å². The summed E-state index contributed by atoms with van der Waals surface area (Å²) in [4.78, 5) is 18.0. The molecule has 2 N–H and O–H groups in total. The maximum atomic E-state index is 12.2. The van der Waals surface area contributed by atoms with Gasteiger partial charge < -0.3 is 10.6 Å². The molecule has 0 bridgehead atoms. The van der Waals surface area contributed by atoms with Crippen LogP contribution in [0.3, 0.4) is 0 Å². The molecule has 1 fully saturated rings. The molecule has 1 amide bonds. The molecule has 2 heterocycles. The molecule has 0 aliphatic carbocycles. The molecular weight excluding hydrogens is 270 g/mol. The van der Waals surface area contributed by atoms with Gasteiger partial charge in [-0.05, 0) is 24.3 Å². The fourth-order valence-electron chi connectivity index (χ4n) is 2.64.